The van der Waals surface area contributed by atoms with E-state index in [0.29, 0.717) is 39.6 Å². The molecule has 0 heterocycles. The van der Waals surface area contributed by atoms with E-state index < -0.39 is 0 Å². The van der Waals surface area contributed by atoms with Crippen LogP contribution in [0, 0.1) is 0 Å². The molecule has 0 saturated carbocycles. The first-order valence-corrected chi connectivity index (χ1v) is 13.0. The van der Waals surface area contributed by atoms with E-state index in [2.05, 4.69) is 72.8 Å². The summed E-state index contributed by atoms with van der Waals surface area (Å²) in [4.78, 5) is 3.70. The molecule has 0 spiro atoms. The second kappa shape index (κ2) is 14.2. The Balaban J connectivity index is 1.23. The molecule has 0 N–H and O–H groups in total. The summed E-state index contributed by atoms with van der Waals surface area (Å²) >= 11 is 0. The van der Waals surface area contributed by atoms with Gasteiger partial charge in [0.25, 0.3) is 0 Å². The van der Waals surface area contributed by atoms with Gasteiger partial charge in [0, 0.05) is 0 Å². The van der Waals surface area contributed by atoms with Crippen LogP contribution in [0.1, 0.15) is 0 Å². The Morgan fingerprint density at radius 3 is 1.49 bits per heavy atom. The molecule has 0 radical (unpaired) electrons. The summed E-state index contributed by atoms with van der Waals surface area (Å²) in [5.74, 6) is 1.74. The zero-order valence-corrected chi connectivity index (χ0v) is 20.6. The van der Waals surface area contributed by atoms with Gasteiger partial charge < -0.3 is 18.9 Å². The summed E-state index contributed by atoms with van der Waals surface area (Å²) in [6.45, 7) is 3.09. The minimum absolute atomic E-state index is 0.251. The van der Waals surface area contributed by atoms with Crippen molar-refractivity contribution in [1.29, 1.82) is 0 Å². The Labute approximate surface area is 210 Å². The maximum absolute atomic E-state index is 6.18. The average molecular weight is 488 g/mol. The molecule has 0 aromatic heterocycles. The van der Waals surface area contributed by atoms with Crippen molar-refractivity contribution in [1.82, 2.24) is 0 Å². The van der Waals surface area contributed by atoms with E-state index in [9.17, 15) is 0 Å². The number of hydrogen-bond acceptors (Lipinski definition) is 4. The van der Waals surface area contributed by atoms with Gasteiger partial charge >= 0.3 is 0 Å². The number of benzene rings is 4. The Bertz CT molecular complexity index is 1070. The minimum atomic E-state index is -0.251. The predicted molar refractivity (Wildman–Crippen MR) is 141 cm³/mol. The summed E-state index contributed by atoms with van der Waals surface area (Å²) < 4.78 is 23.1. The molecule has 4 rings (SSSR count). The maximum Gasteiger partial charge on any atom is 0.208 e. The number of rotatable bonds is 14. The van der Waals surface area contributed by atoms with Crippen molar-refractivity contribution in [2.45, 2.75) is 14.7 Å². The van der Waals surface area contributed by atoms with Crippen molar-refractivity contribution in [2.24, 2.45) is 0 Å². The molecule has 0 saturated heterocycles. The minimum Gasteiger partial charge on any atom is -0.491 e. The van der Waals surface area contributed by atoms with Crippen molar-refractivity contribution in [3.63, 3.8) is 0 Å². The fraction of sp³-hybridized carbons (Fsp3) is 0.200. The molecule has 0 unspecified atom stereocenters. The smallest absolute Gasteiger partial charge is 0.208 e. The summed E-state index contributed by atoms with van der Waals surface area (Å²) in [6, 6.07) is 39.2. The standard InChI is InChI=1S/C30H31O4S/c1-4-12-26(13-5-1)33-24-22-31-20-21-32-23-25-34-29-18-10-11-19-30(29)35(27-14-6-2-7-15-27)28-16-8-3-9-17-28/h1-19H,20-25H2/q+1. The van der Waals surface area contributed by atoms with Gasteiger partial charge in [0.1, 0.15) is 29.9 Å². The zero-order chi connectivity index (χ0) is 24.0. The van der Waals surface area contributed by atoms with Gasteiger partial charge in [-0.25, -0.2) is 0 Å². The molecule has 0 aliphatic carbocycles. The number of hydrogen-bond donors (Lipinski definition) is 0. The Morgan fingerprint density at radius 1 is 0.429 bits per heavy atom. The van der Waals surface area contributed by atoms with Crippen molar-refractivity contribution < 1.29 is 18.9 Å². The summed E-state index contributed by atoms with van der Waals surface area (Å²) in [7, 11) is -0.251. The third-order valence-corrected chi connectivity index (χ3v) is 7.39. The summed E-state index contributed by atoms with van der Waals surface area (Å²) in [5.41, 5.74) is 0. The fourth-order valence-corrected chi connectivity index (χ4v) is 5.69. The van der Waals surface area contributed by atoms with Gasteiger partial charge in [0.05, 0.1) is 26.4 Å². The van der Waals surface area contributed by atoms with Crippen LogP contribution < -0.4 is 9.47 Å². The molecule has 5 heteroatoms. The van der Waals surface area contributed by atoms with Crippen LogP contribution in [0.15, 0.2) is 130 Å². The quantitative estimate of drug-likeness (QED) is 0.155. The van der Waals surface area contributed by atoms with E-state index in [-0.39, 0.29) is 10.9 Å². The highest BCUT2D eigenvalue weighted by Gasteiger charge is 2.31. The van der Waals surface area contributed by atoms with Crippen LogP contribution in [0.3, 0.4) is 0 Å². The molecule has 35 heavy (non-hydrogen) atoms. The largest absolute Gasteiger partial charge is 0.491 e. The highest BCUT2D eigenvalue weighted by molar-refractivity contribution is 7.97. The summed E-state index contributed by atoms with van der Waals surface area (Å²) in [6.07, 6.45) is 0. The fourth-order valence-electron chi connectivity index (χ4n) is 3.51. The lowest BCUT2D eigenvalue weighted by Crippen LogP contribution is -2.14. The molecule has 0 aliphatic rings. The molecule has 0 bridgehead atoms. The normalized spacial score (nSPS) is 10.9. The first kappa shape index (κ1) is 24.9. The monoisotopic (exact) mass is 487 g/mol. The molecule has 180 valence electrons. The van der Waals surface area contributed by atoms with Crippen LogP contribution in [-0.2, 0) is 20.4 Å². The van der Waals surface area contributed by atoms with Crippen molar-refractivity contribution >= 4 is 10.9 Å². The van der Waals surface area contributed by atoms with Gasteiger partial charge in [-0.05, 0) is 48.5 Å². The van der Waals surface area contributed by atoms with Crippen LogP contribution >= 0.6 is 0 Å². The van der Waals surface area contributed by atoms with Crippen molar-refractivity contribution in [3.8, 4) is 11.5 Å². The molecular formula is C30H31O4S+. The van der Waals surface area contributed by atoms with E-state index >= 15 is 0 Å². The van der Waals surface area contributed by atoms with E-state index in [1.54, 1.807) is 0 Å². The second-order valence-electron chi connectivity index (χ2n) is 7.61. The first-order chi connectivity index (χ1) is 17.4. The van der Waals surface area contributed by atoms with Gasteiger partial charge in [-0.2, -0.15) is 0 Å². The third-order valence-electron chi connectivity index (χ3n) is 5.12. The highest BCUT2D eigenvalue weighted by atomic mass is 32.2. The average Bonchev–Trinajstić information content (AvgIpc) is 2.92. The molecule has 4 aromatic carbocycles. The first-order valence-electron chi connectivity index (χ1n) is 11.8. The number of para-hydroxylation sites is 2. The van der Waals surface area contributed by atoms with Crippen LogP contribution in [0.25, 0.3) is 0 Å². The lowest BCUT2D eigenvalue weighted by Gasteiger charge is -2.13. The Hall–Kier alpha value is -3.25. The van der Waals surface area contributed by atoms with E-state index in [4.69, 9.17) is 18.9 Å². The Morgan fingerprint density at radius 2 is 0.886 bits per heavy atom. The van der Waals surface area contributed by atoms with Crippen LogP contribution in [-0.4, -0.2) is 39.6 Å². The lowest BCUT2D eigenvalue weighted by atomic mass is 10.3. The second-order valence-corrected chi connectivity index (χ2v) is 9.61. The van der Waals surface area contributed by atoms with Crippen LogP contribution in [0.4, 0.5) is 0 Å². The van der Waals surface area contributed by atoms with E-state index in [0.717, 1.165) is 11.5 Å². The van der Waals surface area contributed by atoms with Crippen LogP contribution in [0.2, 0.25) is 0 Å². The Kier molecular flexibility index (Phi) is 10.1. The highest BCUT2D eigenvalue weighted by Crippen LogP contribution is 2.36. The zero-order valence-electron chi connectivity index (χ0n) is 19.8. The maximum atomic E-state index is 6.18. The van der Waals surface area contributed by atoms with Crippen molar-refractivity contribution in [2.75, 3.05) is 39.6 Å². The lowest BCUT2D eigenvalue weighted by molar-refractivity contribution is 0.0271. The molecular weight excluding hydrogens is 456 g/mol. The topological polar surface area (TPSA) is 36.9 Å². The number of ether oxygens (including phenoxy) is 4. The molecule has 0 atom stereocenters. The van der Waals surface area contributed by atoms with E-state index in [1.165, 1.54) is 14.7 Å². The van der Waals surface area contributed by atoms with Gasteiger partial charge in [0.2, 0.25) is 4.90 Å². The molecule has 0 aliphatic heterocycles. The van der Waals surface area contributed by atoms with E-state index in [1.807, 2.05) is 42.5 Å². The van der Waals surface area contributed by atoms with Crippen LogP contribution in [0.5, 0.6) is 11.5 Å². The van der Waals surface area contributed by atoms with Gasteiger partial charge in [-0.1, -0.05) is 66.7 Å². The summed E-state index contributed by atoms with van der Waals surface area (Å²) in [5, 5.41) is 0. The molecule has 0 amide bonds. The molecule has 4 nitrogen and oxygen atoms in total. The SMILES string of the molecule is c1ccc(OCCOCCOCCOc2ccccc2[S+](c2ccccc2)c2ccccc2)cc1. The van der Waals surface area contributed by atoms with Crippen molar-refractivity contribution in [3.05, 3.63) is 115 Å². The predicted octanol–water partition coefficient (Wildman–Crippen LogP) is 6.27. The molecule has 4 aromatic rings. The molecule has 0 fully saturated rings. The third kappa shape index (κ3) is 7.89. The van der Waals surface area contributed by atoms with Gasteiger partial charge in [-0.3, -0.25) is 0 Å². The van der Waals surface area contributed by atoms with Gasteiger partial charge in [-0.15, -0.1) is 0 Å². The van der Waals surface area contributed by atoms with Gasteiger partial charge in [0.15, 0.2) is 15.5 Å².